The van der Waals surface area contributed by atoms with Gasteiger partial charge in [-0.25, -0.2) is 0 Å². The van der Waals surface area contributed by atoms with E-state index in [0.717, 1.165) is 30.6 Å². The van der Waals surface area contributed by atoms with Crippen molar-refractivity contribution < 1.29 is 19.0 Å². The van der Waals surface area contributed by atoms with Crippen LogP contribution in [0.4, 0.5) is 0 Å². The summed E-state index contributed by atoms with van der Waals surface area (Å²) in [6.07, 6.45) is 3.22. The number of nitrogens with two attached hydrogens (primary N) is 1. The lowest BCUT2D eigenvalue weighted by Crippen LogP contribution is -2.37. The van der Waals surface area contributed by atoms with Gasteiger partial charge in [-0.1, -0.05) is 19.4 Å². The summed E-state index contributed by atoms with van der Waals surface area (Å²) in [7, 11) is 1.62. The zero-order chi connectivity index (χ0) is 18.2. The van der Waals surface area contributed by atoms with Crippen LogP contribution in [-0.2, 0) is 9.53 Å². The Labute approximate surface area is 150 Å². The first-order valence-electron chi connectivity index (χ1n) is 9.05. The van der Waals surface area contributed by atoms with Gasteiger partial charge >= 0.3 is 0 Å². The lowest BCUT2D eigenvalue weighted by atomic mass is 10.1. The Morgan fingerprint density at radius 3 is 2.84 bits per heavy atom. The molecule has 1 fully saturated rings. The van der Waals surface area contributed by atoms with E-state index in [1.807, 2.05) is 25.1 Å². The summed E-state index contributed by atoms with van der Waals surface area (Å²) < 4.78 is 16.8. The SMILES string of the molecule is CCCCOc1ccc(C(C)NC(=O)[C@@H]2CC[C@H](CN)O2)cc1OC. The van der Waals surface area contributed by atoms with Gasteiger partial charge in [-0.2, -0.15) is 0 Å². The van der Waals surface area contributed by atoms with Crippen LogP contribution in [0.5, 0.6) is 11.5 Å². The fourth-order valence-corrected chi connectivity index (χ4v) is 2.86. The predicted molar refractivity (Wildman–Crippen MR) is 96.9 cm³/mol. The first-order chi connectivity index (χ1) is 12.1. The maximum absolute atomic E-state index is 12.4. The largest absolute Gasteiger partial charge is 0.493 e. The average Bonchev–Trinajstić information content (AvgIpc) is 3.11. The second-order valence-electron chi connectivity index (χ2n) is 6.40. The van der Waals surface area contributed by atoms with Crippen LogP contribution in [0.2, 0.25) is 0 Å². The number of benzene rings is 1. The third-order valence-electron chi connectivity index (χ3n) is 4.46. The molecule has 1 aliphatic rings. The minimum atomic E-state index is -0.408. The number of ether oxygens (including phenoxy) is 3. The minimum Gasteiger partial charge on any atom is -0.493 e. The van der Waals surface area contributed by atoms with Gasteiger partial charge in [-0.15, -0.1) is 0 Å². The van der Waals surface area contributed by atoms with E-state index in [9.17, 15) is 4.79 Å². The van der Waals surface area contributed by atoms with Gasteiger partial charge in [0.1, 0.15) is 6.10 Å². The van der Waals surface area contributed by atoms with Crippen LogP contribution in [0.1, 0.15) is 51.1 Å². The molecule has 1 heterocycles. The fraction of sp³-hybridized carbons (Fsp3) is 0.632. The molecule has 25 heavy (non-hydrogen) atoms. The quantitative estimate of drug-likeness (QED) is 0.669. The van der Waals surface area contributed by atoms with Crippen LogP contribution in [-0.4, -0.2) is 38.4 Å². The molecule has 0 aromatic heterocycles. The monoisotopic (exact) mass is 350 g/mol. The van der Waals surface area contributed by atoms with Crippen molar-refractivity contribution in [1.29, 1.82) is 0 Å². The number of carbonyl (C=O) groups is 1. The molecule has 1 saturated heterocycles. The first-order valence-corrected chi connectivity index (χ1v) is 9.05. The lowest BCUT2D eigenvalue weighted by Gasteiger charge is -2.19. The Morgan fingerprint density at radius 2 is 2.20 bits per heavy atom. The molecule has 0 aliphatic carbocycles. The third kappa shape index (κ3) is 5.34. The Morgan fingerprint density at radius 1 is 1.40 bits per heavy atom. The number of carbonyl (C=O) groups excluding carboxylic acids is 1. The van der Waals surface area contributed by atoms with Crippen LogP contribution in [0.15, 0.2) is 18.2 Å². The molecule has 1 amide bonds. The molecule has 0 saturated carbocycles. The summed E-state index contributed by atoms with van der Waals surface area (Å²) >= 11 is 0. The van der Waals surface area contributed by atoms with Crippen molar-refractivity contribution in [2.75, 3.05) is 20.3 Å². The summed E-state index contributed by atoms with van der Waals surface area (Å²) in [5.41, 5.74) is 6.56. The van der Waals surface area contributed by atoms with E-state index in [1.165, 1.54) is 0 Å². The van der Waals surface area contributed by atoms with E-state index in [0.29, 0.717) is 25.3 Å². The number of hydrogen-bond acceptors (Lipinski definition) is 5. The average molecular weight is 350 g/mol. The van der Waals surface area contributed by atoms with E-state index in [-0.39, 0.29) is 18.1 Å². The molecule has 3 atom stereocenters. The van der Waals surface area contributed by atoms with E-state index in [4.69, 9.17) is 19.9 Å². The van der Waals surface area contributed by atoms with E-state index in [1.54, 1.807) is 7.11 Å². The highest BCUT2D eigenvalue weighted by Crippen LogP contribution is 2.30. The van der Waals surface area contributed by atoms with Crippen molar-refractivity contribution >= 4 is 5.91 Å². The summed E-state index contributed by atoms with van der Waals surface area (Å²) in [5, 5.41) is 3.00. The molecule has 1 aliphatic heterocycles. The van der Waals surface area contributed by atoms with Crippen molar-refractivity contribution in [2.45, 2.75) is 57.8 Å². The van der Waals surface area contributed by atoms with Gasteiger partial charge < -0.3 is 25.3 Å². The molecule has 6 heteroatoms. The molecule has 0 radical (unpaired) electrons. The molecular weight excluding hydrogens is 320 g/mol. The predicted octanol–water partition coefficient (Wildman–Crippen LogP) is 2.56. The van der Waals surface area contributed by atoms with Crippen LogP contribution >= 0.6 is 0 Å². The van der Waals surface area contributed by atoms with Crippen molar-refractivity contribution in [3.05, 3.63) is 23.8 Å². The Kier molecular flexibility index (Phi) is 7.52. The zero-order valence-electron chi connectivity index (χ0n) is 15.4. The molecule has 6 nitrogen and oxygen atoms in total. The number of nitrogens with one attached hydrogen (secondary N) is 1. The van der Waals surface area contributed by atoms with Crippen LogP contribution in [0.3, 0.4) is 0 Å². The maximum atomic E-state index is 12.4. The van der Waals surface area contributed by atoms with Crippen molar-refractivity contribution in [3.63, 3.8) is 0 Å². The summed E-state index contributed by atoms with van der Waals surface area (Å²) in [6.45, 7) is 5.19. The van der Waals surface area contributed by atoms with Crippen molar-refractivity contribution in [3.8, 4) is 11.5 Å². The highest BCUT2D eigenvalue weighted by atomic mass is 16.5. The number of unbranched alkanes of at least 4 members (excludes halogenated alkanes) is 1. The van der Waals surface area contributed by atoms with Gasteiger partial charge in [0.05, 0.1) is 25.9 Å². The second kappa shape index (κ2) is 9.63. The molecular formula is C19H30N2O4. The molecule has 140 valence electrons. The van der Waals surface area contributed by atoms with Gasteiger partial charge in [0.25, 0.3) is 0 Å². The smallest absolute Gasteiger partial charge is 0.249 e. The molecule has 2 rings (SSSR count). The Balaban J connectivity index is 1.96. The molecule has 1 aromatic carbocycles. The summed E-state index contributed by atoms with van der Waals surface area (Å²) in [5.74, 6) is 1.31. The van der Waals surface area contributed by atoms with Crippen molar-refractivity contribution in [1.82, 2.24) is 5.32 Å². The molecule has 0 spiro atoms. The Bertz CT molecular complexity index is 564. The molecule has 1 aromatic rings. The van der Waals surface area contributed by atoms with Crippen molar-refractivity contribution in [2.24, 2.45) is 5.73 Å². The Hall–Kier alpha value is -1.79. The van der Waals surface area contributed by atoms with Crippen LogP contribution < -0.4 is 20.5 Å². The number of hydrogen-bond donors (Lipinski definition) is 2. The van der Waals surface area contributed by atoms with Crippen LogP contribution in [0.25, 0.3) is 0 Å². The highest BCUT2D eigenvalue weighted by molar-refractivity contribution is 5.81. The summed E-state index contributed by atoms with van der Waals surface area (Å²) in [6, 6.07) is 5.60. The standard InChI is InChI=1S/C19H30N2O4/c1-4-5-10-24-16-8-6-14(11-18(16)23-3)13(2)21-19(22)17-9-7-15(12-20)25-17/h6,8,11,13,15,17H,4-5,7,9-10,12,20H2,1-3H3,(H,21,22)/t13?,15-,17+/m1/s1. The zero-order valence-corrected chi connectivity index (χ0v) is 15.4. The van der Waals surface area contributed by atoms with Gasteiger partial charge in [0.15, 0.2) is 11.5 Å². The highest BCUT2D eigenvalue weighted by Gasteiger charge is 2.30. The molecule has 0 bridgehead atoms. The van der Waals surface area contributed by atoms with Gasteiger partial charge in [-0.05, 0) is 43.9 Å². The first kappa shape index (κ1) is 19.5. The number of methoxy groups -OCH3 is 1. The normalized spacial score (nSPS) is 21.0. The van der Waals surface area contributed by atoms with Gasteiger partial charge in [0.2, 0.25) is 5.91 Å². The summed E-state index contributed by atoms with van der Waals surface area (Å²) in [4.78, 5) is 12.4. The lowest BCUT2D eigenvalue weighted by molar-refractivity contribution is -0.132. The number of rotatable bonds is 9. The van der Waals surface area contributed by atoms with Gasteiger partial charge in [-0.3, -0.25) is 4.79 Å². The molecule has 1 unspecified atom stereocenters. The number of amides is 1. The topological polar surface area (TPSA) is 82.8 Å². The van der Waals surface area contributed by atoms with Gasteiger partial charge in [0, 0.05) is 6.54 Å². The van der Waals surface area contributed by atoms with E-state index in [2.05, 4.69) is 12.2 Å². The van der Waals surface area contributed by atoms with E-state index >= 15 is 0 Å². The second-order valence-corrected chi connectivity index (χ2v) is 6.40. The fourth-order valence-electron chi connectivity index (χ4n) is 2.86. The van der Waals surface area contributed by atoms with E-state index < -0.39 is 6.10 Å². The third-order valence-corrected chi connectivity index (χ3v) is 4.46. The van der Waals surface area contributed by atoms with Crippen LogP contribution in [0, 0.1) is 0 Å². The molecule has 3 N–H and O–H groups in total. The maximum Gasteiger partial charge on any atom is 0.249 e. The minimum absolute atomic E-state index is 0.00861.